The molecule has 0 rings (SSSR count). The maximum Gasteiger partial charge on any atom is 0.325 e. The highest BCUT2D eigenvalue weighted by Crippen LogP contribution is 2.02. The highest BCUT2D eigenvalue weighted by molar-refractivity contribution is 5.94. The van der Waals surface area contributed by atoms with Gasteiger partial charge in [-0.2, -0.15) is 0 Å². The van der Waals surface area contributed by atoms with E-state index in [9.17, 15) is 14.4 Å². The Hall–Kier alpha value is -1.59. The molecule has 1 amide bonds. The number of ether oxygens (including phenoxy) is 1. The second kappa shape index (κ2) is 6.81. The van der Waals surface area contributed by atoms with Gasteiger partial charge < -0.3 is 14.7 Å². The Labute approximate surface area is 94.2 Å². The number of aliphatic carboxylic acids is 1. The number of carboxylic acids is 1. The number of carboxylic acid groups (broad SMARTS) is 1. The van der Waals surface area contributed by atoms with Crippen molar-refractivity contribution in [2.75, 3.05) is 13.2 Å². The molecule has 6 nitrogen and oxygen atoms in total. The first-order valence-corrected chi connectivity index (χ1v) is 5.05. The van der Waals surface area contributed by atoms with E-state index in [-0.39, 0.29) is 19.2 Å². The van der Waals surface area contributed by atoms with Crippen LogP contribution in [-0.2, 0) is 19.1 Å². The van der Waals surface area contributed by atoms with Crippen molar-refractivity contribution >= 4 is 17.8 Å². The molecule has 0 unspecified atom stereocenters. The van der Waals surface area contributed by atoms with Crippen LogP contribution >= 0.6 is 0 Å². The predicted molar refractivity (Wildman–Crippen MR) is 55.7 cm³/mol. The first kappa shape index (κ1) is 14.4. The molecule has 0 aliphatic heterocycles. The minimum atomic E-state index is -1.21. The summed E-state index contributed by atoms with van der Waals surface area (Å²) in [5, 5.41) is 8.49. The van der Waals surface area contributed by atoms with Crippen molar-refractivity contribution in [2.24, 2.45) is 0 Å². The van der Waals surface area contributed by atoms with Crippen molar-refractivity contribution in [3.63, 3.8) is 0 Å². The molecule has 0 atom stereocenters. The van der Waals surface area contributed by atoms with Crippen LogP contribution in [0.4, 0.5) is 0 Å². The fourth-order valence-corrected chi connectivity index (χ4v) is 1.14. The van der Waals surface area contributed by atoms with Crippen LogP contribution in [0.1, 0.15) is 27.2 Å². The van der Waals surface area contributed by atoms with Gasteiger partial charge >= 0.3 is 11.9 Å². The number of carbonyl (C=O) groups excluding carboxylic acids is 2. The molecule has 0 saturated heterocycles. The van der Waals surface area contributed by atoms with Gasteiger partial charge in [0.2, 0.25) is 5.91 Å². The third-order valence-electron chi connectivity index (χ3n) is 1.85. The summed E-state index contributed by atoms with van der Waals surface area (Å²) in [6, 6.07) is -0.240. The van der Waals surface area contributed by atoms with E-state index in [0.717, 1.165) is 0 Å². The summed E-state index contributed by atoms with van der Waals surface area (Å²) < 4.78 is 4.70. The largest absolute Gasteiger partial charge is 0.481 e. The molecule has 0 aliphatic rings. The molecule has 0 heterocycles. The zero-order chi connectivity index (χ0) is 12.7. The Balaban J connectivity index is 4.43. The summed E-state index contributed by atoms with van der Waals surface area (Å²) in [4.78, 5) is 34.2. The van der Waals surface area contributed by atoms with Crippen LogP contribution in [-0.4, -0.2) is 47.0 Å². The minimum Gasteiger partial charge on any atom is -0.481 e. The van der Waals surface area contributed by atoms with Gasteiger partial charge in [0, 0.05) is 6.04 Å². The predicted octanol–water partition coefficient (Wildman–Crippen LogP) is 0.261. The van der Waals surface area contributed by atoms with Gasteiger partial charge in [-0.15, -0.1) is 0 Å². The lowest BCUT2D eigenvalue weighted by Gasteiger charge is -2.24. The molecule has 0 radical (unpaired) electrons. The van der Waals surface area contributed by atoms with E-state index in [2.05, 4.69) is 0 Å². The molecular formula is C10H17NO5. The van der Waals surface area contributed by atoms with Crippen LogP contribution in [0.15, 0.2) is 0 Å². The fourth-order valence-electron chi connectivity index (χ4n) is 1.14. The highest BCUT2D eigenvalue weighted by Gasteiger charge is 2.22. The van der Waals surface area contributed by atoms with Gasteiger partial charge in [0.05, 0.1) is 6.61 Å². The molecule has 0 bridgehead atoms. The van der Waals surface area contributed by atoms with E-state index in [0.29, 0.717) is 0 Å². The molecule has 0 aromatic heterocycles. The summed E-state index contributed by atoms with van der Waals surface area (Å²) >= 11 is 0. The topological polar surface area (TPSA) is 83.9 Å². The van der Waals surface area contributed by atoms with Crippen molar-refractivity contribution in [1.29, 1.82) is 0 Å². The Morgan fingerprint density at radius 1 is 1.31 bits per heavy atom. The molecule has 0 aromatic rings. The zero-order valence-electron chi connectivity index (χ0n) is 9.73. The van der Waals surface area contributed by atoms with Gasteiger partial charge in [0.1, 0.15) is 13.0 Å². The molecule has 16 heavy (non-hydrogen) atoms. The van der Waals surface area contributed by atoms with Crippen molar-refractivity contribution in [1.82, 2.24) is 4.90 Å². The highest BCUT2D eigenvalue weighted by atomic mass is 16.5. The van der Waals surface area contributed by atoms with E-state index < -0.39 is 24.3 Å². The number of carbonyl (C=O) groups is 3. The molecule has 0 aromatic carbocycles. The lowest BCUT2D eigenvalue weighted by atomic mass is 10.2. The summed E-state index contributed by atoms with van der Waals surface area (Å²) in [6.07, 6.45) is -0.614. The third-order valence-corrected chi connectivity index (χ3v) is 1.85. The van der Waals surface area contributed by atoms with Gasteiger partial charge in [-0.25, -0.2) is 0 Å². The average Bonchev–Trinajstić information content (AvgIpc) is 2.12. The summed E-state index contributed by atoms with van der Waals surface area (Å²) in [7, 11) is 0. The van der Waals surface area contributed by atoms with E-state index in [4.69, 9.17) is 9.84 Å². The quantitative estimate of drug-likeness (QED) is 0.523. The molecule has 0 spiro atoms. The number of amides is 1. The SMILES string of the molecule is CCOC(=O)CN(C(=O)CC(=O)O)C(C)C. The first-order chi connectivity index (χ1) is 7.38. The van der Waals surface area contributed by atoms with Gasteiger partial charge in [0.25, 0.3) is 0 Å². The van der Waals surface area contributed by atoms with Crippen molar-refractivity contribution in [2.45, 2.75) is 33.2 Å². The lowest BCUT2D eigenvalue weighted by Crippen LogP contribution is -2.42. The molecule has 92 valence electrons. The average molecular weight is 231 g/mol. The summed E-state index contributed by atoms with van der Waals surface area (Å²) in [6.45, 7) is 5.10. The van der Waals surface area contributed by atoms with Crippen LogP contribution in [0.5, 0.6) is 0 Å². The van der Waals surface area contributed by atoms with Gasteiger partial charge in [0.15, 0.2) is 0 Å². The van der Waals surface area contributed by atoms with Gasteiger partial charge in [-0.1, -0.05) is 0 Å². The van der Waals surface area contributed by atoms with Crippen LogP contribution in [0.3, 0.4) is 0 Å². The third kappa shape index (κ3) is 5.33. The maximum atomic E-state index is 11.5. The van der Waals surface area contributed by atoms with Crippen molar-refractivity contribution in [3.05, 3.63) is 0 Å². The maximum absolute atomic E-state index is 11.5. The normalized spacial score (nSPS) is 10.0. The Morgan fingerprint density at radius 3 is 2.25 bits per heavy atom. The number of esters is 1. The Morgan fingerprint density at radius 2 is 1.88 bits per heavy atom. The van der Waals surface area contributed by atoms with Crippen LogP contribution in [0.2, 0.25) is 0 Å². The van der Waals surface area contributed by atoms with Gasteiger partial charge in [-0.3, -0.25) is 14.4 Å². The van der Waals surface area contributed by atoms with Crippen LogP contribution in [0.25, 0.3) is 0 Å². The molecule has 1 N–H and O–H groups in total. The smallest absolute Gasteiger partial charge is 0.325 e. The van der Waals surface area contributed by atoms with Crippen molar-refractivity contribution < 1.29 is 24.2 Å². The van der Waals surface area contributed by atoms with Crippen LogP contribution in [0, 0.1) is 0 Å². The molecular weight excluding hydrogens is 214 g/mol. The zero-order valence-corrected chi connectivity index (χ0v) is 9.73. The van der Waals surface area contributed by atoms with Gasteiger partial charge in [-0.05, 0) is 20.8 Å². The van der Waals surface area contributed by atoms with Crippen molar-refractivity contribution in [3.8, 4) is 0 Å². The molecule has 0 fully saturated rings. The van der Waals surface area contributed by atoms with E-state index in [1.165, 1.54) is 4.90 Å². The second-order valence-electron chi connectivity index (χ2n) is 3.49. The Kier molecular flexibility index (Phi) is 6.14. The summed E-state index contributed by atoms with van der Waals surface area (Å²) in [5.41, 5.74) is 0. The molecule has 0 aliphatic carbocycles. The molecule has 0 saturated carbocycles. The standard InChI is InChI=1S/C10H17NO5/c1-4-16-10(15)6-11(7(2)3)8(12)5-9(13)14/h7H,4-6H2,1-3H3,(H,13,14). The monoisotopic (exact) mass is 231 g/mol. The second-order valence-corrected chi connectivity index (χ2v) is 3.49. The van der Waals surface area contributed by atoms with E-state index in [1.54, 1.807) is 20.8 Å². The number of rotatable bonds is 6. The van der Waals surface area contributed by atoms with E-state index >= 15 is 0 Å². The summed E-state index contributed by atoms with van der Waals surface area (Å²) in [5.74, 6) is -2.33. The fraction of sp³-hybridized carbons (Fsp3) is 0.700. The number of hydrogen-bond acceptors (Lipinski definition) is 4. The van der Waals surface area contributed by atoms with E-state index in [1.807, 2.05) is 0 Å². The van der Waals surface area contributed by atoms with Crippen LogP contribution < -0.4 is 0 Å². The number of hydrogen-bond donors (Lipinski definition) is 1. The first-order valence-electron chi connectivity index (χ1n) is 5.05. The molecule has 6 heteroatoms. The Bertz CT molecular complexity index is 274. The lowest BCUT2D eigenvalue weighted by molar-refractivity contribution is -0.153. The minimum absolute atomic E-state index is 0.211. The number of nitrogens with zero attached hydrogens (tertiary/aromatic N) is 1.